The van der Waals surface area contributed by atoms with E-state index in [1.165, 1.54) is 11.1 Å². The van der Waals surface area contributed by atoms with Crippen molar-refractivity contribution in [3.8, 4) is 5.75 Å². The van der Waals surface area contributed by atoms with Crippen LogP contribution in [0.25, 0.3) is 0 Å². The Morgan fingerprint density at radius 1 is 0.758 bits per heavy atom. The van der Waals surface area contributed by atoms with Gasteiger partial charge in [-0.05, 0) is 85.5 Å². The van der Waals surface area contributed by atoms with Gasteiger partial charge in [0.2, 0.25) is 0 Å². The zero-order valence-electron chi connectivity index (χ0n) is 18.6. The standard InChI is InChI=1S/C26H30N4OS2/c27-25(32)29-23-10-7-11-24(19-23)31-17-6-2-5-16-28-26(33)30-22-14-12-21(13-15-22)18-20-8-3-1-4-9-20/h1,3-4,7-15,19H,2,5-6,16-18H2,(H3,27,29,32)(H2,28,30,33). The van der Waals surface area contributed by atoms with Crippen LogP contribution in [0.15, 0.2) is 78.9 Å². The molecular formula is C26H30N4OS2. The lowest BCUT2D eigenvalue weighted by molar-refractivity contribution is 0.305. The number of ether oxygens (including phenoxy) is 1. The number of nitrogens with one attached hydrogen (secondary N) is 3. The highest BCUT2D eigenvalue weighted by Gasteiger charge is 2.01. The lowest BCUT2D eigenvalue weighted by Crippen LogP contribution is -2.29. The molecule has 5 N–H and O–H groups in total. The van der Waals surface area contributed by atoms with Gasteiger partial charge in [-0.3, -0.25) is 0 Å². The quantitative estimate of drug-likeness (QED) is 0.215. The van der Waals surface area contributed by atoms with Crippen molar-refractivity contribution >= 4 is 46.0 Å². The number of thiocarbonyl (C=S) groups is 2. The van der Waals surface area contributed by atoms with Gasteiger partial charge in [-0.25, -0.2) is 0 Å². The van der Waals surface area contributed by atoms with Crippen molar-refractivity contribution in [3.63, 3.8) is 0 Å². The third kappa shape index (κ3) is 9.47. The first-order valence-electron chi connectivity index (χ1n) is 11.1. The molecule has 3 rings (SSSR count). The summed E-state index contributed by atoms with van der Waals surface area (Å²) < 4.78 is 5.80. The van der Waals surface area contributed by atoms with Crippen molar-refractivity contribution in [2.24, 2.45) is 5.73 Å². The maximum atomic E-state index is 5.80. The first-order valence-corrected chi connectivity index (χ1v) is 11.9. The summed E-state index contributed by atoms with van der Waals surface area (Å²) in [5.74, 6) is 0.800. The number of rotatable bonds is 11. The van der Waals surface area contributed by atoms with E-state index in [4.69, 9.17) is 34.9 Å². The largest absolute Gasteiger partial charge is 0.494 e. The minimum absolute atomic E-state index is 0.243. The Hall–Kier alpha value is -3.16. The molecule has 0 heterocycles. The zero-order valence-corrected chi connectivity index (χ0v) is 20.2. The molecule has 0 fully saturated rings. The number of anilines is 2. The maximum absolute atomic E-state index is 5.80. The molecule has 0 aliphatic carbocycles. The molecule has 172 valence electrons. The highest BCUT2D eigenvalue weighted by Crippen LogP contribution is 2.17. The summed E-state index contributed by atoms with van der Waals surface area (Å²) in [4.78, 5) is 0. The molecule has 7 heteroatoms. The van der Waals surface area contributed by atoms with E-state index in [0.29, 0.717) is 11.7 Å². The molecule has 0 saturated carbocycles. The average Bonchev–Trinajstić information content (AvgIpc) is 2.80. The summed E-state index contributed by atoms with van der Waals surface area (Å²) in [5, 5.41) is 10.3. The van der Waals surface area contributed by atoms with Crippen molar-refractivity contribution in [1.29, 1.82) is 0 Å². The number of nitrogens with two attached hydrogens (primary N) is 1. The van der Waals surface area contributed by atoms with Crippen molar-refractivity contribution in [1.82, 2.24) is 5.32 Å². The molecule has 0 aliphatic rings. The van der Waals surface area contributed by atoms with Crippen LogP contribution >= 0.6 is 24.4 Å². The van der Waals surface area contributed by atoms with Crippen molar-refractivity contribution < 1.29 is 4.74 Å². The fourth-order valence-electron chi connectivity index (χ4n) is 3.31. The van der Waals surface area contributed by atoms with E-state index >= 15 is 0 Å². The van der Waals surface area contributed by atoms with E-state index < -0.39 is 0 Å². The van der Waals surface area contributed by atoms with Crippen LogP contribution in [0.5, 0.6) is 5.75 Å². The van der Waals surface area contributed by atoms with Crippen LogP contribution in [0.1, 0.15) is 30.4 Å². The first kappa shape index (κ1) is 24.5. The Morgan fingerprint density at radius 3 is 2.27 bits per heavy atom. The molecular weight excluding hydrogens is 448 g/mol. The molecule has 5 nitrogen and oxygen atoms in total. The average molecular weight is 479 g/mol. The molecule has 33 heavy (non-hydrogen) atoms. The minimum Gasteiger partial charge on any atom is -0.494 e. The summed E-state index contributed by atoms with van der Waals surface area (Å²) >= 11 is 10.3. The molecule has 0 aliphatic heterocycles. The maximum Gasteiger partial charge on any atom is 0.170 e. The summed E-state index contributed by atoms with van der Waals surface area (Å²) in [6.07, 6.45) is 3.97. The van der Waals surface area contributed by atoms with Crippen molar-refractivity contribution in [2.45, 2.75) is 25.7 Å². The molecule has 0 aromatic heterocycles. The van der Waals surface area contributed by atoms with Crippen LogP contribution in [0, 0.1) is 0 Å². The van der Waals surface area contributed by atoms with E-state index in [-0.39, 0.29) is 5.11 Å². The van der Waals surface area contributed by atoms with E-state index in [2.05, 4.69) is 64.5 Å². The second kappa shape index (κ2) is 13.4. The van der Waals surface area contributed by atoms with Crippen molar-refractivity contribution in [2.75, 3.05) is 23.8 Å². The molecule has 0 amide bonds. The molecule has 3 aromatic rings. The third-order valence-corrected chi connectivity index (χ3v) is 5.29. The number of benzene rings is 3. The minimum atomic E-state index is 0.243. The second-order valence-corrected chi connectivity index (χ2v) is 8.51. The Labute approximate surface area is 206 Å². The zero-order chi connectivity index (χ0) is 23.3. The molecule has 0 unspecified atom stereocenters. The van der Waals surface area contributed by atoms with Gasteiger partial charge in [-0.1, -0.05) is 48.5 Å². The fourth-order valence-corrected chi connectivity index (χ4v) is 3.65. The van der Waals surface area contributed by atoms with Gasteiger partial charge in [-0.15, -0.1) is 0 Å². The Bertz CT molecular complexity index is 1030. The van der Waals surface area contributed by atoms with Crippen LogP contribution < -0.4 is 26.4 Å². The second-order valence-electron chi connectivity index (χ2n) is 7.67. The first-order chi connectivity index (χ1) is 16.1. The van der Waals surface area contributed by atoms with Crippen LogP contribution in [-0.2, 0) is 6.42 Å². The van der Waals surface area contributed by atoms with E-state index in [1.54, 1.807) is 0 Å². The van der Waals surface area contributed by atoms with Gasteiger partial charge >= 0.3 is 0 Å². The summed E-state index contributed by atoms with van der Waals surface area (Å²) in [6.45, 7) is 1.49. The molecule has 0 atom stereocenters. The Morgan fingerprint density at radius 2 is 1.52 bits per heavy atom. The van der Waals surface area contributed by atoms with Crippen LogP contribution in [-0.4, -0.2) is 23.4 Å². The lowest BCUT2D eigenvalue weighted by Gasteiger charge is -2.11. The molecule has 0 spiro atoms. The van der Waals surface area contributed by atoms with E-state index in [1.807, 2.05) is 30.3 Å². The SMILES string of the molecule is NC(=S)Nc1cccc(OCCCCCNC(=S)Nc2ccc(Cc3ccccc3)cc2)c1. The Kier molecular flexibility index (Phi) is 9.94. The summed E-state index contributed by atoms with van der Waals surface area (Å²) in [7, 11) is 0. The number of unbranched alkanes of at least 4 members (excludes halogenated alkanes) is 2. The molecule has 0 saturated heterocycles. The van der Waals surface area contributed by atoms with E-state index in [9.17, 15) is 0 Å². The fraction of sp³-hybridized carbons (Fsp3) is 0.231. The third-order valence-electron chi connectivity index (χ3n) is 4.94. The van der Waals surface area contributed by atoms with Crippen LogP contribution in [0.4, 0.5) is 11.4 Å². The van der Waals surface area contributed by atoms with Gasteiger partial charge in [0.25, 0.3) is 0 Å². The number of hydrogen-bond acceptors (Lipinski definition) is 3. The molecule has 0 bridgehead atoms. The van der Waals surface area contributed by atoms with E-state index in [0.717, 1.165) is 49.4 Å². The van der Waals surface area contributed by atoms with Gasteiger partial charge in [0.05, 0.1) is 6.61 Å². The number of hydrogen-bond donors (Lipinski definition) is 4. The van der Waals surface area contributed by atoms with Crippen molar-refractivity contribution in [3.05, 3.63) is 90.0 Å². The van der Waals surface area contributed by atoms with Gasteiger partial charge in [0.1, 0.15) is 5.75 Å². The predicted octanol–water partition coefficient (Wildman–Crippen LogP) is 5.47. The molecule has 3 aromatic carbocycles. The monoisotopic (exact) mass is 478 g/mol. The van der Waals surface area contributed by atoms with Crippen LogP contribution in [0.3, 0.4) is 0 Å². The van der Waals surface area contributed by atoms with Gasteiger partial charge < -0.3 is 26.4 Å². The lowest BCUT2D eigenvalue weighted by atomic mass is 10.1. The topological polar surface area (TPSA) is 71.3 Å². The Balaban J connectivity index is 1.27. The van der Waals surface area contributed by atoms with Crippen LogP contribution in [0.2, 0.25) is 0 Å². The smallest absolute Gasteiger partial charge is 0.170 e. The summed E-state index contributed by atoms with van der Waals surface area (Å²) in [6, 6.07) is 26.5. The van der Waals surface area contributed by atoms with Gasteiger partial charge in [0.15, 0.2) is 10.2 Å². The van der Waals surface area contributed by atoms with Gasteiger partial charge in [-0.2, -0.15) is 0 Å². The predicted molar refractivity (Wildman–Crippen MR) is 146 cm³/mol. The van der Waals surface area contributed by atoms with Gasteiger partial charge in [0, 0.05) is 24.0 Å². The summed E-state index contributed by atoms with van der Waals surface area (Å²) in [5.41, 5.74) is 9.90. The normalized spacial score (nSPS) is 10.3. The highest BCUT2D eigenvalue weighted by molar-refractivity contribution is 7.80. The molecule has 0 radical (unpaired) electrons. The highest BCUT2D eigenvalue weighted by atomic mass is 32.1.